The Morgan fingerprint density at radius 3 is 2.68 bits per heavy atom. The van der Waals surface area contributed by atoms with Gasteiger partial charge in [-0.25, -0.2) is 0 Å². The molecule has 1 aliphatic heterocycles. The van der Waals surface area contributed by atoms with Gasteiger partial charge >= 0.3 is 0 Å². The van der Waals surface area contributed by atoms with Crippen molar-refractivity contribution in [2.45, 2.75) is 13.0 Å². The standard InChI is InChI=1S/C20H17NO4/c1-13(25-17-8-6-14-4-2-3-5-15(14)10-17)20(22)21-16-7-9-18-19(11-16)24-12-23-18/h2-11,13H,12H2,1H3,(H,21,22)/t13-/m0/s1. The van der Waals surface area contributed by atoms with Crippen LogP contribution < -0.4 is 19.5 Å². The molecule has 1 heterocycles. The quantitative estimate of drug-likeness (QED) is 0.784. The van der Waals surface area contributed by atoms with Crippen molar-refractivity contribution in [2.75, 3.05) is 12.1 Å². The van der Waals surface area contributed by atoms with Crippen molar-refractivity contribution in [3.8, 4) is 17.2 Å². The third-order valence-corrected chi connectivity index (χ3v) is 4.04. The first-order valence-corrected chi connectivity index (χ1v) is 8.05. The molecule has 0 aromatic heterocycles. The van der Waals surface area contributed by atoms with Crippen molar-refractivity contribution in [1.29, 1.82) is 0 Å². The van der Waals surface area contributed by atoms with Crippen LogP contribution in [0.2, 0.25) is 0 Å². The molecule has 3 aromatic rings. The van der Waals surface area contributed by atoms with Gasteiger partial charge in [-0.2, -0.15) is 0 Å². The van der Waals surface area contributed by atoms with E-state index >= 15 is 0 Å². The topological polar surface area (TPSA) is 56.8 Å². The SMILES string of the molecule is C[C@H](Oc1ccc2ccccc2c1)C(=O)Nc1ccc2c(c1)OCO2. The molecule has 0 unspecified atom stereocenters. The lowest BCUT2D eigenvalue weighted by Gasteiger charge is -2.15. The fourth-order valence-corrected chi connectivity index (χ4v) is 2.72. The van der Waals surface area contributed by atoms with Gasteiger partial charge < -0.3 is 19.5 Å². The zero-order chi connectivity index (χ0) is 17.2. The summed E-state index contributed by atoms with van der Waals surface area (Å²) in [5.74, 6) is 1.73. The van der Waals surface area contributed by atoms with Gasteiger partial charge in [-0.05, 0) is 42.0 Å². The van der Waals surface area contributed by atoms with E-state index in [0.29, 0.717) is 22.9 Å². The highest BCUT2D eigenvalue weighted by atomic mass is 16.7. The maximum atomic E-state index is 12.4. The van der Waals surface area contributed by atoms with Crippen LogP contribution >= 0.6 is 0 Å². The molecule has 25 heavy (non-hydrogen) atoms. The first kappa shape index (κ1) is 15.3. The highest BCUT2D eigenvalue weighted by Gasteiger charge is 2.18. The number of hydrogen-bond acceptors (Lipinski definition) is 4. The zero-order valence-electron chi connectivity index (χ0n) is 13.7. The third-order valence-electron chi connectivity index (χ3n) is 4.04. The molecule has 0 radical (unpaired) electrons. The largest absolute Gasteiger partial charge is 0.481 e. The Morgan fingerprint density at radius 1 is 1.00 bits per heavy atom. The van der Waals surface area contributed by atoms with Crippen LogP contribution in [0.3, 0.4) is 0 Å². The van der Waals surface area contributed by atoms with Gasteiger partial charge in [0, 0.05) is 11.8 Å². The van der Waals surface area contributed by atoms with E-state index in [0.717, 1.165) is 10.8 Å². The number of hydrogen-bond donors (Lipinski definition) is 1. The first-order valence-electron chi connectivity index (χ1n) is 8.05. The average molecular weight is 335 g/mol. The Bertz CT molecular complexity index is 938. The summed E-state index contributed by atoms with van der Waals surface area (Å²) in [6.07, 6.45) is -0.633. The molecule has 0 spiro atoms. The van der Waals surface area contributed by atoms with Gasteiger partial charge in [0.05, 0.1) is 0 Å². The van der Waals surface area contributed by atoms with Crippen LogP contribution in [0.25, 0.3) is 10.8 Å². The fraction of sp³-hybridized carbons (Fsp3) is 0.150. The van der Waals surface area contributed by atoms with E-state index in [9.17, 15) is 4.79 Å². The van der Waals surface area contributed by atoms with Crippen LogP contribution in [0.15, 0.2) is 60.7 Å². The van der Waals surface area contributed by atoms with Crippen LogP contribution in [0.4, 0.5) is 5.69 Å². The summed E-state index contributed by atoms with van der Waals surface area (Å²) in [7, 11) is 0. The van der Waals surface area contributed by atoms with Gasteiger partial charge in [0.1, 0.15) is 5.75 Å². The lowest BCUT2D eigenvalue weighted by Crippen LogP contribution is -2.30. The van der Waals surface area contributed by atoms with Crippen molar-refractivity contribution in [2.24, 2.45) is 0 Å². The van der Waals surface area contributed by atoms with E-state index in [-0.39, 0.29) is 12.7 Å². The van der Waals surface area contributed by atoms with Gasteiger partial charge in [0.15, 0.2) is 17.6 Å². The molecule has 0 saturated carbocycles. The van der Waals surface area contributed by atoms with Gasteiger partial charge in [-0.3, -0.25) is 4.79 Å². The van der Waals surface area contributed by atoms with Crippen LogP contribution in [0, 0.1) is 0 Å². The molecule has 0 fully saturated rings. The minimum atomic E-state index is -0.633. The van der Waals surface area contributed by atoms with E-state index in [4.69, 9.17) is 14.2 Å². The van der Waals surface area contributed by atoms with E-state index in [2.05, 4.69) is 5.32 Å². The Kier molecular flexibility index (Phi) is 3.90. The van der Waals surface area contributed by atoms with Crippen molar-refractivity contribution in [3.63, 3.8) is 0 Å². The van der Waals surface area contributed by atoms with E-state index in [1.54, 1.807) is 25.1 Å². The molecule has 1 aliphatic rings. The molecule has 5 heteroatoms. The zero-order valence-corrected chi connectivity index (χ0v) is 13.7. The second kappa shape index (κ2) is 6.36. The normalized spacial score (nSPS) is 13.5. The van der Waals surface area contributed by atoms with E-state index in [1.807, 2.05) is 42.5 Å². The summed E-state index contributed by atoms with van der Waals surface area (Å²) in [4.78, 5) is 12.4. The summed E-state index contributed by atoms with van der Waals surface area (Å²) >= 11 is 0. The summed E-state index contributed by atoms with van der Waals surface area (Å²) < 4.78 is 16.4. The molecule has 1 atom stereocenters. The minimum absolute atomic E-state index is 0.203. The molecule has 0 saturated heterocycles. The van der Waals surface area contributed by atoms with Gasteiger partial charge in [-0.1, -0.05) is 30.3 Å². The molecule has 1 amide bonds. The van der Waals surface area contributed by atoms with Crippen molar-refractivity contribution < 1.29 is 19.0 Å². The Balaban J connectivity index is 1.44. The summed E-state index contributed by atoms with van der Waals surface area (Å²) in [6, 6.07) is 19.1. The van der Waals surface area contributed by atoms with E-state index in [1.165, 1.54) is 0 Å². The second-order valence-electron chi connectivity index (χ2n) is 5.83. The molecular weight excluding hydrogens is 318 g/mol. The smallest absolute Gasteiger partial charge is 0.265 e. The highest BCUT2D eigenvalue weighted by molar-refractivity contribution is 5.94. The number of rotatable bonds is 4. The second-order valence-corrected chi connectivity index (χ2v) is 5.83. The lowest BCUT2D eigenvalue weighted by molar-refractivity contribution is -0.122. The molecule has 1 N–H and O–H groups in total. The molecule has 0 bridgehead atoms. The van der Waals surface area contributed by atoms with Gasteiger partial charge in [0.2, 0.25) is 6.79 Å². The average Bonchev–Trinajstić information content (AvgIpc) is 3.09. The van der Waals surface area contributed by atoms with Gasteiger partial charge in [0.25, 0.3) is 5.91 Å². The minimum Gasteiger partial charge on any atom is -0.481 e. The van der Waals surface area contributed by atoms with Gasteiger partial charge in [-0.15, -0.1) is 0 Å². The summed E-state index contributed by atoms with van der Waals surface area (Å²) in [6.45, 7) is 1.92. The van der Waals surface area contributed by atoms with E-state index < -0.39 is 6.10 Å². The highest BCUT2D eigenvalue weighted by Crippen LogP contribution is 2.34. The number of nitrogens with one attached hydrogen (secondary N) is 1. The number of carbonyl (C=O) groups is 1. The fourth-order valence-electron chi connectivity index (χ4n) is 2.72. The maximum Gasteiger partial charge on any atom is 0.265 e. The monoisotopic (exact) mass is 335 g/mol. The molecular formula is C20H17NO4. The maximum absolute atomic E-state index is 12.4. The Hall–Kier alpha value is -3.21. The summed E-state index contributed by atoms with van der Waals surface area (Å²) in [5, 5.41) is 5.03. The predicted molar refractivity (Wildman–Crippen MR) is 95.2 cm³/mol. The molecule has 4 rings (SSSR count). The van der Waals surface area contributed by atoms with Crippen LogP contribution in [0.5, 0.6) is 17.2 Å². The number of amides is 1. The molecule has 0 aliphatic carbocycles. The first-order chi connectivity index (χ1) is 12.2. The van der Waals surface area contributed by atoms with Crippen molar-refractivity contribution in [3.05, 3.63) is 60.7 Å². The summed E-state index contributed by atoms with van der Waals surface area (Å²) in [5.41, 5.74) is 0.642. The third kappa shape index (κ3) is 3.21. The van der Waals surface area contributed by atoms with Crippen LogP contribution in [-0.4, -0.2) is 18.8 Å². The molecule has 126 valence electrons. The lowest BCUT2D eigenvalue weighted by atomic mass is 10.1. The predicted octanol–water partition coefficient (Wildman–Crippen LogP) is 3.97. The molecule has 5 nitrogen and oxygen atoms in total. The van der Waals surface area contributed by atoms with Crippen LogP contribution in [0.1, 0.15) is 6.92 Å². The Morgan fingerprint density at radius 2 is 1.80 bits per heavy atom. The van der Waals surface area contributed by atoms with Crippen molar-refractivity contribution in [1.82, 2.24) is 0 Å². The molecule has 3 aromatic carbocycles. The number of ether oxygens (including phenoxy) is 3. The van der Waals surface area contributed by atoms with Crippen LogP contribution in [-0.2, 0) is 4.79 Å². The number of carbonyl (C=O) groups excluding carboxylic acids is 1. The number of benzene rings is 3. The Labute approximate surface area is 145 Å². The van der Waals surface area contributed by atoms with Crippen molar-refractivity contribution >= 4 is 22.4 Å². The number of fused-ring (bicyclic) bond motifs is 2. The number of anilines is 1.